The molecule has 0 unspecified atom stereocenters. The zero-order chi connectivity index (χ0) is 27.1. The van der Waals surface area contributed by atoms with E-state index in [1.165, 1.54) is 97.9 Å². The van der Waals surface area contributed by atoms with Gasteiger partial charge in [-0.25, -0.2) is 4.57 Å². The highest BCUT2D eigenvalue weighted by Crippen LogP contribution is 2.53. The molecule has 0 saturated heterocycles. The lowest BCUT2D eigenvalue weighted by Crippen LogP contribution is -2.32. The number of pyridine rings is 1. The van der Waals surface area contributed by atoms with Gasteiger partial charge in [0.25, 0.3) is 0 Å². The summed E-state index contributed by atoms with van der Waals surface area (Å²) in [5.41, 5.74) is 8.06. The molecule has 1 aliphatic heterocycles. The predicted octanol–water partition coefficient (Wildman–Crippen LogP) is 9.68. The number of rotatable bonds is 3. The summed E-state index contributed by atoms with van der Waals surface area (Å²) >= 11 is 0. The van der Waals surface area contributed by atoms with Crippen LogP contribution in [0.5, 0.6) is 11.5 Å². The van der Waals surface area contributed by atoms with E-state index >= 15 is 0 Å². The first-order valence-electron chi connectivity index (χ1n) is 14.8. The van der Waals surface area contributed by atoms with Gasteiger partial charge in [0, 0.05) is 17.0 Å². The lowest BCUT2D eigenvalue weighted by atomic mass is 9.81. The number of fused-ring (bicyclic) bond motifs is 5. The topological polar surface area (TPSA) is 13.1 Å². The van der Waals surface area contributed by atoms with E-state index in [9.17, 15) is 0 Å². The average Bonchev–Trinajstić information content (AvgIpc) is 3.40. The fourth-order valence-corrected chi connectivity index (χ4v) is 7.36. The van der Waals surface area contributed by atoms with Crippen molar-refractivity contribution in [2.24, 2.45) is 18.4 Å². The van der Waals surface area contributed by atoms with E-state index in [1.54, 1.807) is 0 Å². The third-order valence-corrected chi connectivity index (χ3v) is 9.18. The molecule has 7 rings (SSSR count). The molecule has 1 aromatic heterocycles. The monoisotopic (exact) mass is 514 g/mol. The molecule has 1 fully saturated rings. The normalized spacial score (nSPS) is 15.3. The fourth-order valence-electron chi connectivity index (χ4n) is 7.36. The molecule has 0 spiro atoms. The maximum absolute atomic E-state index is 7.17. The van der Waals surface area contributed by atoms with Gasteiger partial charge in [0.1, 0.15) is 18.5 Å². The SMILES string of the molecule is Cc1ccc2c(CC(C)(C)C)c3c(c(C)c2c1)-c1c2c(c4ccc(CC5CCCC5)cc4cc2cc[n+]1C)O3. The summed E-state index contributed by atoms with van der Waals surface area (Å²) in [7, 11) is 2.19. The number of ether oxygens (including phenoxy) is 1. The van der Waals surface area contributed by atoms with Crippen LogP contribution in [-0.2, 0) is 19.9 Å². The smallest absolute Gasteiger partial charge is 0.228 e. The number of aromatic nitrogens is 1. The molecular formula is C37H40NO+. The van der Waals surface area contributed by atoms with Crippen LogP contribution in [-0.4, -0.2) is 0 Å². The minimum atomic E-state index is 0.132. The van der Waals surface area contributed by atoms with Gasteiger partial charge in [0.2, 0.25) is 5.69 Å². The van der Waals surface area contributed by atoms with Crippen molar-refractivity contribution in [1.82, 2.24) is 0 Å². The lowest BCUT2D eigenvalue weighted by Gasteiger charge is -2.28. The van der Waals surface area contributed by atoms with Crippen molar-refractivity contribution in [3.8, 4) is 22.8 Å². The third-order valence-electron chi connectivity index (χ3n) is 9.18. The zero-order valence-electron chi connectivity index (χ0n) is 24.4. The summed E-state index contributed by atoms with van der Waals surface area (Å²) < 4.78 is 9.48. The van der Waals surface area contributed by atoms with E-state index in [2.05, 4.69) is 101 Å². The maximum atomic E-state index is 7.17. The van der Waals surface area contributed by atoms with Gasteiger partial charge in [-0.3, -0.25) is 0 Å². The molecule has 1 saturated carbocycles. The lowest BCUT2D eigenvalue weighted by molar-refractivity contribution is -0.659. The Bertz CT molecular complexity index is 1800. The molecule has 0 radical (unpaired) electrons. The summed E-state index contributed by atoms with van der Waals surface area (Å²) in [5, 5.41) is 7.68. The highest BCUT2D eigenvalue weighted by molar-refractivity contribution is 6.13. The van der Waals surface area contributed by atoms with E-state index in [-0.39, 0.29) is 5.41 Å². The predicted molar refractivity (Wildman–Crippen MR) is 164 cm³/mol. The van der Waals surface area contributed by atoms with Crippen molar-refractivity contribution in [3.05, 3.63) is 77.0 Å². The average molecular weight is 515 g/mol. The summed E-state index contributed by atoms with van der Waals surface area (Å²) in [5.74, 6) is 2.92. The number of hydrogen-bond acceptors (Lipinski definition) is 1. The second-order valence-corrected chi connectivity index (χ2v) is 13.6. The third kappa shape index (κ3) is 4.03. The van der Waals surface area contributed by atoms with Gasteiger partial charge in [-0.1, -0.05) is 88.4 Å². The summed E-state index contributed by atoms with van der Waals surface area (Å²) in [6.45, 7) is 11.5. The second-order valence-electron chi connectivity index (χ2n) is 13.6. The molecule has 2 aliphatic rings. The van der Waals surface area contributed by atoms with Crippen LogP contribution in [0.1, 0.15) is 68.7 Å². The molecule has 0 atom stereocenters. The van der Waals surface area contributed by atoms with E-state index in [0.717, 1.165) is 23.8 Å². The maximum Gasteiger partial charge on any atom is 0.228 e. The van der Waals surface area contributed by atoms with Crippen LogP contribution in [0.2, 0.25) is 0 Å². The molecule has 2 nitrogen and oxygen atoms in total. The molecule has 1 aliphatic carbocycles. The first-order chi connectivity index (χ1) is 18.7. The zero-order valence-corrected chi connectivity index (χ0v) is 24.4. The molecule has 198 valence electrons. The molecule has 5 aromatic rings. The number of aryl methyl sites for hydroxylation is 3. The van der Waals surface area contributed by atoms with Gasteiger partial charge in [-0.2, -0.15) is 0 Å². The Labute approximate surface area is 232 Å². The molecule has 2 heterocycles. The van der Waals surface area contributed by atoms with Gasteiger partial charge < -0.3 is 4.74 Å². The van der Waals surface area contributed by atoms with Gasteiger partial charge in [0.05, 0.1) is 10.9 Å². The van der Waals surface area contributed by atoms with Gasteiger partial charge in [0.15, 0.2) is 6.20 Å². The van der Waals surface area contributed by atoms with Crippen LogP contribution in [0, 0.1) is 25.2 Å². The van der Waals surface area contributed by atoms with Gasteiger partial charge in [-0.15, -0.1) is 0 Å². The molecular weight excluding hydrogens is 474 g/mol. The summed E-state index contributed by atoms with van der Waals surface area (Å²) in [4.78, 5) is 0. The Hall–Kier alpha value is -3.39. The largest absolute Gasteiger partial charge is 0.455 e. The van der Waals surface area contributed by atoms with E-state index in [0.29, 0.717) is 0 Å². The van der Waals surface area contributed by atoms with Crippen LogP contribution >= 0.6 is 0 Å². The highest BCUT2D eigenvalue weighted by atomic mass is 16.5. The Balaban J connectivity index is 1.53. The quantitative estimate of drug-likeness (QED) is 0.169. The Morgan fingerprint density at radius 1 is 0.846 bits per heavy atom. The Kier molecular flexibility index (Phi) is 5.57. The van der Waals surface area contributed by atoms with Crippen LogP contribution in [0.15, 0.2) is 54.7 Å². The van der Waals surface area contributed by atoms with E-state index in [1.807, 2.05) is 0 Å². The van der Waals surface area contributed by atoms with E-state index < -0.39 is 0 Å². The minimum Gasteiger partial charge on any atom is -0.455 e. The van der Waals surface area contributed by atoms with Crippen molar-refractivity contribution >= 4 is 32.3 Å². The van der Waals surface area contributed by atoms with E-state index in [4.69, 9.17) is 4.74 Å². The van der Waals surface area contributed by atoms with Gasteiger partial charge >= 0.3 is 0 Å². The first kappa shape index (κ1) is 24.6. The van der Waals surface area contributed by atoms with Crippen LogP contribution in [0.3, 0.4) is 0 Å². The standard InChI is InChI=1S/C37H40NO/c1-22-11-13-29-30(17-22)23(2)32-34-33-26(15-16-38(34)6)20-27-19-25(18-24-9-7-8-10-24)12-14-28(27)35(33)39-36(32)31(29)21-37(3,4)5/h11-17,19-20,24H,7-10,18,21H2,1-6H3/q+1. The summed E-state index contributed by atoms with van der Waals surface area (Å²) in [6.07, 6.45) is 9.93. The fraction of sp³-hybridized carbons (Fsp3) is 0.378. The first-order valence-corrected chi connectivity index (χ1v) is 14.8. The second kappa shape index (κ2) is 8.81. The molecule has 0 amide bonds. The van der Waals surface area contributed by atoms with Crippen LogP contribution in [0.4, 0.5) is 0 Å². The Morgan fingerprint density at radius 3 is 2.38 bits per heavy atom. The molecule has 0 N–H and O–H groups in total. The number of nitrogens with zero attached hydrogens (tertiary/aromatic N) is 1. The van der Waals surface area contributed by atoms with Crippen molar-refractivity contribution in [3.63, 3.8) is 0 Å². The van der Waals surface area contributed by atoms with Crippen molar-refractivity contribution < 1.29 is 9.30 Å². The molecule has 39 heavy (non-hydrogen) atoms. The van der Waals surface area contributed by atoms with Gasteiger partial charge in [-0.05, 0) is 76.8 Å². The minimum absolute atomic E-state index is 0.132. The highest BCUT2D eigenvalue weighted by Gasteiger charge is 2.34. The van der Waals surface area contributed by atoms with Crippen LogP contribution < -0.4 is 9.30 Å². The number of benzene rings is 4. The van der Waals surface area contributed by atoms with Crippen LogP contribution in [0.25, 0.3) is 43.6 Å². The Morgan fingerprint density at radius 2 is 1.62 bits per heavy atom. The summed E-state index contributed by atoms with van der Waals surface area (Å²) in [6, 6.07) is 18.7. The van der Waals surface area contributed by atoms with Crippen molar-refractivity contribution in [2.75, 3.05) is 0 Å². The molecule has 4 aromatic carbocycles. The van der Waals surface area contributed by atoms with Crippen molar-refractivity contribution in [2.45, 2.75) is 73.1 Å². The van der Waals surface area contributed by atoms with Crippen molar-refractivity contribution in [1.29, 1.82) is 0 Å². The number of hydrogen-bond donors (Lipinski definition) is 0. The molecule has 2 heteroatoms. The molecule has 0 bridgehead atoms.